The summed E-state index contributed by atoms with van der Waals surface area (Å²) >= 11 is 6.27. The van der Waals surface area contributed by atoms with Crippen molar-refractivity contribution in [2.75, 3.05) is 5.32 Å². The Morgan fingerprint density at radius 1 is 1.27 bits per heavy atom. The number of benzene rings is 1. The van der Waals surface area contributed by atoms with Gasteiger partial charge in [-0.25, -0.2) is 18.9 Å². The molecule has 0 aliphatic heterocycles. The number of fused-ring (bicyclic) bond motifs is 2. The van der Waals surface area contributed by atoms with Gasteiger partial charge in [-0.15, -0.1) is 0 Å². The maximum atomic E-state index is 13.9. The van der Waals surface area contributed by atoms with Crippen LogP contribution in [0.1, 0.15) is 25.7 Å². The highest BCUT2D eigenvalue weighted by molar-refractivity contribution is 6.29. The molecule has 0 fully saturated rings. The molecule has 0 spiro atoms. The van der Waals surface area contributed by atoms with E-state index in [2.05, 4.69) is 44.3 Å². The van der Waals surface area contributed by atoms with E-state index in [1.54, 1.807) is 35.1 Å². The third kappa shape index (κ3) is 3.17. The number of hydrogen-bond acceptors (Lipinski definition) is 5. The molecule has 10 heteroatoms. The summed E-state index contributed by atoms with van der Waals surface area (Å²) in [4.78, 5) is 11.9. The number of hydrogen-bond donors (Lipinski definition) is 2. The first kappa shape index (κ1) is 18.6. The molecule has 0 aliphatic carbocycles. The van der Waals surface area contributed by atoms with Crippen LogP contribution in [0, 0.1) is 5.82 Å². The van der Waals surface area contributed by atoms with E-state index >= 15 is 0 Å². The van der Waals surface area contributed by atoms with E-state index in [1.165, 1.54) is 6.07 Å². The van der Waals surface area contributed by atoms with E-state index in [1.807, 2.05) is 10.9 Å². The van der Waals surface area contributed by atoms with E-state index in [-0.39, 0.29) is 11.9 Å². The number of anilines is 1. The van der Waals surface area contributed by atoms with Crippen LogP contribution >= 0.6 is 11.6 Å². The van der Waals surface area contributed by atoms with Crippen molar-refractivity contribution in [2.24, 2.45) is 0 Å². The van der Waals surface area contributed by atoms with Crippen LogP contribution in [0.2, 0.25) is 5.15 Å². The Balaban J connectivity index is 1.48. The molecule has 30 heavy (non-hydrogen) atoms. The topological polar surface area (TPSA) is 88.7 Å². The van der Waals surface area contributed by atoms with E-state index in [0.717, 1.165) is 11.3 Å². The molecule has 0 aliphatic rings. The molecule has 4 aromatic heterocycles. The average molecular weight is 425 g/mol. The van der Waals surface area contributed by atoms with Gasteiger partial charge in [0, 0.05) is 23.9 Å². The van der Waals surface area contributed by atoms with Crippen LogP contribution in [-0.4, -0.2) is 34.3 Å². The molecule has 2 N–H and O–H groups in total. The normalized spacial score (nSPS) is 11.8. The highest BCUT2D eigenvalue weighted by Gasteiger charge is 2.15. The Morgan fingerprint density at radius 2 is 2.13 bits per heavy atom. The second kappa shape index (κ2) is 7.10. The van der Waals surface area contributed by atoms with Gasteiger partial charge >= 0.3 is 0 Å². The zero-order valence-corrected chi connectivity index (χ0v) is 17.0. The minimum Gasteiger partial charge on any atom is -0.375 e. The van der Waals surface area contributed by atoms with Crippen LogP contribution in [0.15, 0.2) is 42.9 Å². The number of imidazole rings is 2. The largest absolute Gasteiger partial charge is 0.375 e. The summed E-state index contributed by atoms with van der Waals surface area (Å²) in [5.41, 5.74) is 3.96. The van der Waals surface area contributed by atoms with Gasteiger partial charge < -0.3 is 10.3 Å². The third-order valence-electron chi connectivity index (χ3n) is 4.82. The van der Waals surface area contributed by atoms with Gasteiger partial charge in [0.05, 0.1) is 35.8 Å². The first-order valence-corrected chi connectivity index (χ1v) is 9.83. The first-order chi connectivity index (χ1) is 14.5. The van der Waals surface area contributed by atoms with Gasteiger partial charge in [0.15, 0.2) is 16.6 Å². The van der Waals surface area contributed by atoms with Gasteiger partial charge in [-0.2, -0.15) is 10.2 Å². The molecule has 1 aromatic carbocycles. The van der Waals surface area contributed by atoms with E-state index < -0.39 is 0 Å². The van der Waals surface area contributed by atoms with Crippen molar-refractivity contribution in [3.63, 3.8) is 0 Å². The lowest BCUT2D eigenvalue weighted by Crippen LogP contribution is -2.05. The second-order valence-electron chi connectivity index (χ2n) is 7.24. The van der Waals surface area contributed by atoms with Crippen LogP contribution in [-0.2, 0) is 6.54 Å². The first-order valence-electron chi connectivity index (χ1n) is 9.45. The Bertz CT molecular complexity index is 1370. The smallest absolute Gasteiger partial charge is 0.177 e. The van der Waals surface area contributed by atoms with Gasteiger partial charge in [-0.05, 0) is 26.0 Å². The lowest BCUT2D eigenvalue weighted by Gasteiger charge is -2.07. The van der Waals surface area contributed by atoms with Crippen molar-refractivity contribution in [1.29, 1.82) is 0 Å². The van der Waals surface area contributed by atoms with Crippen LogP contribution in [0.5, 0.6) is 0 Å². The summed E-state index contributed by atoms with van der Waals surface area (Å²) in [6.45, 7) is 4.47. The molecule has 4 heterocycles. The number of nitrogens with zero attached hydrogens (tertiary/aromatic N) is 6. The quantitative estimate of drug-likeness (QED) is 0.435. The molecule has 0 saturated carbocycles. The van der Waals surface area contributed by atoms with Crippen LogP contribution in [0.25, 0.3) is 27.9 Å². The maximum absolute atomic E-state index is 13.9. The van der Waals surface area contributed by atoms with Crippen LogP contribution in [0.3, 0.4) is 0 Å². The summed E-state index contributed by atoms with van der Waals surface area (Å²) in [7, 11) is 0. The Morgan fingerprint density at radius 3 is 2.90 bits per heavy atom. The number of nitrogens with one attached hydrogen (secondary N) is 2. The van der Waals surface area contributed by atoms with Gasteiger partial charge in [-0.1, -0.05) is 17.7 Å². The Hall–Kier alpha value is -3.46. The Kier molecular flexibility index (Phi) is 4.39. The predicted molar refractivity (Wildman–Crippen MR) is 113 cm³/mol. The lowest BCUT2D eigenvalue weighted by atomic mass is 10.3. The molecule has 152 valence electrons. The van der Waals surface area contributed by atoms with Gasteiger partial charge in [0.2, 0.25) is 0 Å². The number of H-pyrrole nitrogens is 1. The van der Waals surface area contributed by atoms with Crippen LogP contribution in [0.4, 0.5) is 10.1 Å². The maximum Gasteiger partial charge on any atom is 0.177 e. The fourth-order valence-electron chi connectivity index (χ4n) is 3.33. The molecule has 0 saturated heterocycles. The zero-order valence-electron chi connectivity index (χ0n) is 16.3. The van der Waals surface area contributed by atoms with E-state index in [4.69, 9.17) is 11.6 Å². The number of aromatic amines is 1. The highest BCUT2D eigenvalue weighted by Crippen LogP contribution is 2.26. The van der Waals surface area contributed by atoms with Crippen molar-refractivity contribution in [1.82, 2.24) is 34.3 Å². The number of halogens is 2. The summed E-state index contributed by atoms with van der Waals surface area (Å²) < 4.78 is 17.5. The Labute approximate surface area is 175 Å². The van der Waals surface area contributed by atoms with Gasteiger partial charge in [0.25, 0.3) is 0 Å². The molecule has 0 amide bonds. The number of aromatic nitrogens is 7. The lowest BCUT2D eigenvalue weighted by molar-refractivity contribution is 0.532. The van der Waals surface area contributed by atoms with Crippen molar-refractivity contribution in [3.8, 4) is 11.3 Å². The van der Waals surface area contributed by atoms with Crippen molar-refractivity contribution >= 4 is 34.0 Å². The monoisotopic (exact) mass is 424 g/mol. The SMILES string of the molecule is CC(C)n1cc(-c2cnc3c(NCc4nc5c(F)cccc5[nH]4)cc(Cl)nn23)cn1. The summed E-state index contributed by atoms with van der Waals surface area (Å²) in [6.07, 6.45) is 5.47. The molecule has 0 unspecified atom stereocenters. The third-order valence-corrected chi connectivity index (χ3v) is 5.01. The summed E-state index contributed by atoms with van der Waals surface area (Å²) in [5, 5.41) is 12.4. The van der Waals surface area contributed by atoms with Crippen molar-refractivity contribution < 1.29 is 4.39 Å². The predicted octanol–water partition coefficient (Wildman–Crippen LogP) is 4.45. The highest BCUT2D eigenvalue weighted by atomic mass is 35.5. The van der Waals surface area contributed by atoms with Crippen LogP contribution < -0.4 is 5.32 Å². The molecule has 5 rings (SSSR count). The molecule has 5 aromatic rings. The molecular weight excluding hydrogens is 407 g/mol. The molecular formula is C20H18ClFN8. The number of para-hydroxylation sites is 1. The van der Waals surface area contributed by atoms with Crippen molar-refractivity contribution in [3.05, 3.63) is 59.7 Å². The standard InChI is InChI=1S/C20H18ClFN8/c1-11(2)29-10-12(7-25-29)16-8-24-20-15(6-17(21)28-30(16)20)23-9-18-26-14-5-3-4-13(22)19(14)27-18/h3-8,10-11,23H,9H2,1-2H3,(H,26,27). The molecule has 0 atom stereocenters. The minimum atomic E-state index is -0.357. The summed E-state index contributed by atoms with van der Waals surface area (Å²) in [5.74, 6) is 0.246. The second-order valence-corrected chi connectivity index (χ2v) is 7.62. The fourth-order valence-corrected chi connectivity index (χ4v) is 3.51. The fraction of sp³-hybridized carbons (Fsp3) is 0.200. The van der Waals surface area contributed by atoms with Gasteiger partial charge in [0.1, 0.15) is 11.3 Å². The molecule has 0 bridgehead atoms. The van der Waals surface area contributed by atoms with E-state index in [9.17, 15) is 4.39 Å². The van der Waals surface area contributed by atoms with Gasteiger partial charge in [-0.3, -0.25) is 4.68 Å². The number of rotatable bonds is 5. The molecule has 8 nitrogen and oxygen atoms in total. The summed E-state index contributed by atoms with van der Waals surface area (Å²) in [6, 6.07) is 6.77. The van der Waals surface area contributed by atoms with Crippen molar-refractivity contribution in [2.45, 2.75) is 26.4 Å². The van der Waals surface area contributed by atoms with E-state index in [0.29, 0.717) is 39.9 Å². The average Bonchev–Trinajstić information content (AvgIpc) is 3.43. The zero-order chi connectivity index (χ0) is 20.8. The minimum absolute atomic E-state index is 0.250. The molecule has 0 radical (unpaired) electrons.